The lowest BCUT2D eigenvalue weighted by Crippen LogP contribution is -2.43. The predicted octanol–water partition coefficient (Wildman–Crippen LogP) is 3.20. The largest absolute Gasteiger partial charge is 0.507 e. The summed E-state index contributed by atoms with van der Waals surface area (Å²) in [5.41, 5.74) is 1.76. The van der Waals surface area contributed by atoms with E-state index in [2.05, 4.69) is 25.4 Å². The molecule has 1 aliphatic heterocycles. The van der Waals surface area contributed by atoms with Crippen molar-refractivity contribution in [2.24, 2.45) is 0 Å². The second-order valence-electron chi connectivity index (χ2n) is 8.25. The van der Waals surface area contributed by atoms with E-state index in [-0.39, 0.29) is 11.4 Å². The number of nitrogens with zero attached hydrogens (tertiary/aromatic N) is 5. The van der Waals surface area contributed by atoms with Crippen molar-refractivity contribution in [2.75, 3.05) is 18.0 Å². The van der Waals surface area contributed by atoms with Crippen molar-refractivity contribution >= 4 is 5.82 Å². The third-order valence-electron chi connectivity index (χ3n) is 6.07. The summed E-state index contributed by atoms with van der Waals surface area (Å²) < 4.78 is 16.2. The number of halogens is 1. The molecule has 1 aromatic carbocycles. The maximum absolute atomic E-state index is 14.7. The number of benzene rings is 1. The second kappa shape index (κ2) is 7.68. The fraction of sp³-hybridized carbons (Fsp3) is 0.409. The molecule has 0 spiro atoms. The first-order chi connectivity index (χ1) is 14.6. The molecule has 2 fully saturated rings. The number of aromatic nitrogens is 4. The van der Waals surface area contributed by atoms with Gasteiger partial charge in [0.1, 0.15) is 11.6 Å². The number of rotatable bonds is 5. The molecular weight excluding hydrogens is 383 g/mol. The maximum Gasteiger partial charge on any atom is 0.151 e. The molecule has 1 aliphatic carbocycles. The Morgan fingerprint density at radius 1 is 1.13 bits per heavy atom. The third kappa shape index (κ3) is 3.63. The molecule has 5 rings (SSSR count). The van der Waals surface area contributed by atoms with Crippen LogP contribution in [0.2, 0.25) is 0 Å². The summed E-state index contributed by atoms with van der Waals surface area (Å²) in [6, 6.07) is 7.52. The molecule has 0 bridgehead atoms. The van der Waals surface area contributed by atoms with Crippen LogP contribution in [0, 0.1) is 12.7 Å². The zero-order valence-corrected chi connectivity index (χ0v) is 16.9. The number of nitrogens with one attached hydrogen (secondary N) is 1. The van der Waals surface area contributed by atoms with E-state index in [1.54, 1.807) is 16.8 Å². The highest BCUT2D eigenvalue weighted by atomic mass is 19.1. The molecule has 1 saturated heterocycles. The molecule has 8 heteroatoms. The van der Waals surface area contributed by atoms with E-state index < -0.39 is 5.82 Å². The standard InChI is InChI=1S/C22H25FN6O/c1-14-11-29(13-24-14)20-10-21(30)17(9-18(20)23)19-5-6-22(27-26-19)28-8-7-16(12-28)25-15-3-2-4-15/h5-6,9-11,13,15-16,25,30H,2-4,7-8,12H2,1H3/t16-/m0/s1. The Hall–Kier alpha value is -3.00. The van der Waals surface area contributed by atoms with Gasteiger partial charge in [-0.1, -0.05) is 6.42 Å². The third-order valence-corrected chi connectivity index (χ3v) is 6.07. The van der Waals surface area contributed by atoms with E-state index >= 15 is 0 Å². The zero-order chi connectivity index (χ0) is 20.7. The van der Waals surface area contributed by atoms with E-state index in [1.165, 1.54) is 37.7 Å². The monoisotopic (exact) mass is 408 g/mol. The van der Waals surface area contributed by atoms with Gasteiger partial charge in [-0.15, -0.1) is 10.2 Å². The van der Waals surface area contributed by atoms with Crippen LogP contribution < -0.4 is 10.2 Å². The molecule has 1 saturated carbocycles. The van der Waals surface area contributed by atoms with Crippen LogP contribution in [0.5, 0.6) is 5.75 Å². The molecule has 7 nitrogen and oxygen atoms in total. The minimum Gasteiger partial charge on any atom is -0.507 e. The van der Waals surface area contributed by atoms with Gasteiger partial charge in [0.2, 0.25) is 0 Å². The molecule has 0 radical (unpaired) electrons. The number of anilines is 1. The van der Waals surface area contributed by atoms with E-state index in [1.807, 2.05) is 13.0 Å². The number of phenolic OH excluding ortho intramolecular Hbond substituents is 1. The average molecular weight is 408 g/mol. The lowest BCUT2D eigenvalue weighted by atomic mass is 9.92. The molecular formula is C22H25FN6O. The normalized spacial score (nSPS) is 19.3. The topological polar surface area (TPSA) is 79.1 Å². The Morgan fingerprint density at radius 2 is 2.00 bits per heavy atom. The Bertz CT molecular complexity index is 1050. The van der Waals surface area contributed by atoms with Crippen molar-refractivity contribution in [3.8, 4) is 22.7 Å². The van der Waals surface area contributed by atoms with Gasteiger partial charge in [-0.2, -0.15) is 0 Å². The van der Waals surface area contributed by atoms with Crippen LogP contribution in [0.1, 0.15) is 31.4 Å². The van der Waals surface area contributed by atoms with E-state index in [0.717, 1.165) is 31.0 Å². The van der Waals surface area contributed by atoms with Gasteiger partial charge in [0, 0.05) is 43.0 Å². The quantitative estimate of drug-likeness (QED) is 0.675. The summed E-state index contributed by atoms with van der Waals surface area (Å²) in [5, 5.41) is 22.8. The highest BCUT2D eigenvalue weighted by Crippen LogP contribution is 2.32. The van der Waals surface area contributed by atoms with Crippen LogP contribution in [-0.4, -0.2) is 50.0 Å². The zero-order valence-electron chi connectivity index (χ0n) is 16.9. The molecule has 1 atom stereocenters. The van der Waals surface area contributed by atoms with Crippen LogP contribution in [0.4, 0.5) is 10.2 Å². The Kier molecular flexibility index (Phi) is 4.86. The molecule has 0 amide bonds. The summed E-state index contributed by atoms with van der Waals surface area (Å²) >= 11 is 0. The first kappa shape index (κ1) is 19.0. The number of imidazole rings is 1. The molecule has 0 unspecified atom stereocenters. The highest BCUT2D eigenvalue weighted by molar-refractivity contribution is 5.69. The van der Waals surface area contributed by atoms with Crippen molar-refractivity contribution < 1.29 is 9.50 Å². The molecule has 156 valence electrons. The number of aromatic hydroxyl groups is 1. The molecule has 3 heterocycles. The molecule has 3 aromatic rings. The first-order valence-corrected chi connectivity index (χ1v) is 10.5. The minimum atomic E-state index is -0.462. The van der Waals surface area contributed by atoms with E-state index in [4.69, 9.17) is 0 Å². The lowest BCUT2D eigenvalue weighted by molar-refractivity contribution is 0.311. The van der Waals surface area contributed by atoms with Gasteiger partial charge < -0.3 is 19.9 Å². The Labute approximate surface area is 174 Å². The Morgan fingerprint density at radius 3 is 2.67 bits per heavy atom. The van der Waals surface area contributed by atoms with Crippen LogP contribution in [0.15, 0.2) is 36.8 Å². The van der Waals surface area contributed by atoms with Crippen LogP contribution >= 0.6 is 0 Å². The number of phenols is 1. The van der Waals surface area contributed by atoms with Gasteiger partial charge in [0.05, 0.1) is 23.4 Å². The number of hydrogen-bond acceptors (Lipinski definition) is 6. The van der Waals surface area contributed by atoms with E-state index in [9.17, 15) is 9.50 Å². The SMILES string of the molecule is Cc1cn(-c2cc(O)c(-c3ccc(N4CC[C@H](NC5CCC5)C4)nn3)cc2F)cn1. The Balaban J connectivity index is 1.32. The minimum absolute atomic E-state index is 0.0502. The highest BCUT2D eigenvalue weighted by Gasteiger charge is 2.28. The van der Waals surface area contributed by atoms with Gasteiger partial charge in [-0.3, -0.25) is 0 Å². The first-order valence-electron chi connectivity index (χ1n) is 10.5. The van der Waals surface area contributed by atoms with Gasteiger partial charge in [0.15, 0.2) is 5.82 Å². The summed E-state index contributed by atoms with van der Waals surface area (Å²) in [6.07, 6.45) is 8.22. The second-order valence-corrected chi connectivity index (χ2v) is 8.25. The van der Waals surface area contributed by atoms with Crippen molar-refractivity contribution in [1.29, 1.82) is 0 Å². The number of aryl methyl sites for hydroxylation is 1. The van der Waals surface area contributed by atoms with Crippen LogP contribution in [-0.2, 0) is 0 Å². The van der Waals surface area contributed by atoms with Crippen molar-refractivity contribution in [3.05, 3.63) is 48.3 Å². The van der Waals surface area contributed by atoms with Gasteiger partial charge >= 0.3 is 0 Å². The van der Waals surface area contributed by atoms with Crippen LogP contribution in [0.25, 0.3) is 16.9 Å². The summed E-state index contributed by atoms with van der Waals surface area (Å²) in [5.74, 6) is 0.295. The maximum atomic E-state index is 14.7. The predicted molar refractivity (Wildman–Crippen MR) is 112 cm³/mol. The molecule has 2 aliphatic rings. The van der Waals surface area contributed by atoms with Crippen molar-refractivity contribution in [2.45, 2.75) is 44.7 Å². The molecule has 2 aromatic heterocycles. The van der Waals surface area contributed by atoms with Gasteiger partial charge in [-0.25, -0.2) is 9.37 Å². The van der Waals surface area contributed by atoms with Gasteiger partial charge in [-0.05, 0) is 44.4 Å². The fourth-order valence-corrected chi connectivity index (χ4v) is 4.16. The fourth-order valence-electron chi connectivity index (χ4n) is 4.16. The molecule has 2 N–H and O–H groups in total. The summed E-state index contributed by atoms with van der Waals surface area (Å²) in [6.45, 7) is 3.69. The summed E-state index contributed by atoms with van der Waals surface area (Å²) in [4.78, 5) is 6.32. The van der Waals surface area contributed by atoms with Gasteiger partial charge in [0.25, 0.3) is 0 Å². The van der Waals surface area contributed by atoms with E-state index in [0.29, 0.717) is 23.3 Å². The van der Waals surface area contributed by atoms with Crippen molar-refractivity contribution in [1.82, 2.24) is 25.1 Å². The average Bonchev–Trinajstić information content (AvgIpc) is 3.35. The smallest absolute Gasteiger partial charge is 0.151 e. The number of hydrogen-bond donors (Lipinski definition) is 2. The van der Waals surface area contributed by atoms with Crippen LogP contribution in [0.3, 0.4) is 0 Å². The molecule has 30 heavy (non-hydrogen) atoms. The lowest BCUT2D eigenvalue weighted by Gasteiger charge is -2.29. The van der Waals surface area contributed by atoms with Crippen molar-refractivity contribution in [3.63, 3.8) is 0 Å². The summed E-state index contributed by atoms with van der Waals surface area (Å²) in [7, 11) is 0.